The Labute approximate surface area is 210 Å². The van der Waals surface area contributed by atoms with Crippen LogP contribution < -0.4 is 16.0 Å². The van der Waals surface area contributed by atoms with Crippen LogP contribution in [-0.2, 0) is 20.8 Å². The van der Waals surface area contributed by atoms with Crippen molar-refractivity contribution in [3.63, 3.8) is 0 Å². The second-order valence-corrected chi connectivity index (χ2v) is 10.5. The quantitative estimate of drug-likeness (QED) is 0.253. The molecule has 3 atom stereocenters. The van der Waals surface area contributed by atoms with Crippen LogP contribution in [0, 0.1) is 11.8 Å². The number of phenolic OH excluding ortho intramolecular Hbond substituents is 1. The Hall–Kier alpha value is -3.51. The first-order valence-corrected chi connectivity index (χ1v) is 12.3. The van der Waals surface area contributed by atoms with Gasteiger partial charge in [0.1, 0.15) is 17.1 Å². The van der Waals surface area contributed by atoms with Gasteiger partial charge >= 0.3 is 0 Å². The van der Waals surface area contributed by atoms with E-state index in [-0.39, 0.29) is 36.1 Å². The molecule has 4 rings (SSSR count). The molecule has 1 unspecified atom stereocenters. The molecule has 1 aromatic rings. The topological polar surface area (TPSA) is 190 Å². The number of amides is 2. The van der Waals surface area contributed by atoms with Gasteiger partial charge in [-0.05, 0) is 36.1 Å². The summed E-state index contributed by atoms with van der Waals surface area (Å²) in [5, 5.41) is 46.4. The number of nitrogens with zero attached hydrogens (tertiary/aromatic N) is 1. The minimum absolute atomic E-state index is 0.0240. The van der Waals surface area contributed by atoms with Crippen LogP contribution in [0.3, 0.4) is 0 Å². The number of hydrogen-bond donors (Lipinski definition) is 6. The number of fused-ring (bicyclic) bond motifs is 3. The van der Waals surface area contributed by atoms with Gasteiger partial charge in [0.05, 0.1) is 11.3 Å². The number of nitrogens with two attached hydrogens (primary N) is 1. The molecule has 2 amide bonds. The van der Waals surface area contributed by atoms with Crippen LogP contribution in [0.5, 0.6) is 5.75 Å². The van der Waals surface area contributed by atoms with Crippen molar-refractivity contribution in [1.82, 2.24) is 0 Å². The molecule has 192 valence electrons. The molecule has 0 radical (unpaired) electrons. The number of aliphatic hydroxyl groups is 3. The first-order chi connectivity index (χ1) is 16.8. The number of aliphatic hydroxyl groups excluding tert-OH is 2. The number of nitrogens with one attached hydrogen (secondary N) is 1. The molecule has 12 heteroatoms. The van der Waals surface area contributed by atoms with Crippen molar-refractivity contribution in [3.05, 3.63) is 34.1 Å². The van der Waals surface area contributed by atoms with E-state index in [1.807, 2.05) is 0 Å². The Morgan fingerprint density at radius 1 is 1.22 bits per heavy atom. The number of rotatable bonds is 4. The summed E-state index contributed by atoms with van der Waals surface area (Å²) in [5.41, 5.74) is 2.54. The number of thioether (sulfide) groups is 1. The molecule has 0 heterocycles. The number of Topliss-reactive ketones (excluding diaryl/α,β-unsaturated/α-hetero) is 2. The van der Waals surface area contributed by atoms with Gasteiger partial charge in [0.15, 0.2) is 17.1 Å². The molecular formula is C24H27N3O8S. The lowest BCUT2D eigenvalue weighted by Crippen LogP contribution is -2.58. The summed E-state index contributed by atoms with van der Waals surface area (Å²) in [7, 11) is 3.49. The molecule has 0 saturated heterocycles. The highest BCUT2D eigenvalue weighted by atomic mass is 32.2. The van der Waals surface area contributed by atoms with Crippen LogP contribution in [0.15, 0.2) is 23.0 Å². The van der Waals surface area contributed by atoms with Crippen molar-refractivity contribution in [3.8, 4) is 5.75 Å². The summed E-state index contributed by atoms with van der Waals surface area (Å²) in [5.74, 6) is -6.48. The normalized spacial score (nSPS) is 25.2. The van der Waals surface area contributed by atoms with Crippen LogP contribution in [0.2, 0.25) is 0 Å². The maximum Gasteiger partial charge on any atom is 0.283 e. The summed E-state index contributed by atoms with van der Waals surface area (Å²) >= 11 is 0.986. The number of phenols is 1. The van der Waals surface area contributed by atoms with E-state index in [2.05, 4.69) is 5.32 Å². The van der Waals surface area contributed by atoms with Gasteiger partial charge in [-0.3, -0.25) is 19.2 Å². The Balaban J connectivity index is 1.92. The average molecular weight is 518 g/mol. The van der Waals surface area contributed by atoms with Crippen molar-refractivity contribution in [2.45, 2.75) is 31.8 Å². The fourth-order valence-corrected chi connectivity index (χ4v) is 5.89. The Morgan fingerprint density at radius 2 is 1.89 bits per heavy atom. The van der Waals surface area contributed by atoms with E-state index >= 15 is 0 Å². The molecule has 36 heavy (non-hydrogen) atoms. The smallest absolute Gasteiger partial charge is 0.283 e. The number of hydrogen-bond acceptors (Lipinski definition) is 10. The van der Waals surface area contributed by atoms with Crippen LogP contribution in [0.1, 0.15) is 30.9 Å². The van der Waals surface area contributed by atoms with E-state index in [4.69, 9.17) is 5.73 Å². The lowest BCUT2D eigenvalue weighted by Gasteiger charge is -2.46. The zero-order valence-electron chi connectivity index (χ0n) is 19.9. The minimum atomic E-state index is -2.63. The van der Waals surface area contributed by atoms with Crippen LogP contribution in [0.4, 0.5) is 16.2 Å². The van der Waals surface area contributed by atoms with E-state index in [9.17, 15) is 39.6 Å². The Kier molecular flexibility index (Phi) is 6.29. The molecule has 3 aliphatic rings. The van der Waals surface area contributed by atoms with Gasteiger partial charge in [0, 0.05) is 37.7 Å². The van der Waals surface area contributed by atoms with Gasteiger partial charge in [-0.15, -0.1) is 0 Å². The lowest BCUT2D eigenvalue weighted by molar-refractivity contribution is -0.147. The SMILES string of the molecule is CCSC(=O)Nc1cc(N(C)C)c2c(c1O)C(O)=C1C(=O)C3(O)C(O)=C(C(N)=O)C(=O)C[C@@H]3C[C@@H]1C2. The highest BCUT2D eigenvalue weighted by Crippen LogP contribution is 2.54. The van der Waals surface area contributed by atoms with E-state index in [0.717, 1.165) is 11.8 Å². The average Bonchev–Trinajstić information content (AvgIpc) is 2.77. The summed E-state index contributed by atoms with van der Waals surface area (Å²) < 4.78 is 0. The Morgan fingerprint density at radius 3 is 2.47 bits per heavy atom. The molecule has 0 bridgehead atoms. The molecule has 3 aliphatic carbocycles. The number of anilines is 2. The second kappa shape index (κ2) is 8.86. The number of carbonyl (C=O) groups is 4. The Bertz CT molecular complexity index is 1280. The molecule has 1 saturated carbocycles. The molecule has 1 fully saturated rings. The first-order valence-electron chi connectivity index (χ1n) is 11.3. The maximum absolute atomic E-state index is 13.6. The number of aromatic hydroxyl groups is 1. The van der Waals surface area contributed by atoms with Crippen molar-refractivity contribution in [1.29, 1.82) is 0 Å². The summed E-state index contributed by atoms with van der Waals surface area (Å²) in [6.07, 6.45) is -0.163. The molecule has 0 aromatic heterocycles. The molecule has 0 spiro atoms. The predicted octanol–water partition coefficient (Wildman–Crippen LogP) is 1.77. The van der Waals surface area contributed by atoms with Gasteiger partial charge in [-0.25, -0.2) is 0 Å². The monoisotopic (exact) mass is 517 g/mol. The fourth-order valence-electron chi connectivity index (χ4n) is 5.44. The highest BCUT2D eigenvalue weighted by Gasteiger charge is 2.60. The third-order valence-electron chi connectivity index (χ3n) is 7.03. The second-order valence-electron chi connectivity index (χ2n) is 9.29. The number of primary amides is 1. The molecule has 7 N–H and O–H groups in total. The maximum atomic E-state index is 13.6. The number of benzene rings is 1. The molecule has 11 nitrogen and oxygen atoms in total. The van der Waals surface area contributed by atoms with Gasteiger partial charge in [0.2, 0.25) is 5.78 Å². The predicted molar refractivity (Wildman–Crippen MR) is 133 cm³/mol. The van der Waals surface area contributed by atoms with E-state index in [1.54, 1.807) is 32.0 Å². The standard InChI is InChI=1S/C24H27N3O8S/c1-4-36-23(34)26-12-8-13(27(2)3)11-6-9-5-10-7-14(28)17(22(25)33)21(32)24(10,35)20(31)15(9)19(30)16(11)18(12)29/h8-10,29-30,32,35H,4-7H2,1-3H3,(H2,25,33)(H,26,34)/t9-,10+,24?/m1/s1. The third-order valence-corrected chi connectivity index (χ3v) is 7.69. The third kappa shape index (κ3) is 3.63. The van der Waals surface area contributed by atoms with Gasteiger partial charge in [-0.2, -0.15) is 0 Å². The van der Waals surface area contributed by atoms with Crippen molar-refractivity contribution >= 4 is 51.6 Å². The van der Waals surface area contributed by atoms with Crippen molar-refractivity contribution in [2.75, 3.05) is 30.1 Å². The van der Waals surface area contributed by atoms with Crippen molar-refractivity contribution in [2.24, 2.45) is 17.6 Å². The molecule has 1 aromatic carbocycles. The van der Waals surface area contributed by atoms with E-state index in [0.29, 0.717) is 17.0 Å². The fraction of sp³-hybridized carbons (Fsp3) is 0.417. The first kappa shape index (κ1) is 25.6. The highest BCUT2D eigenvalue weighted by molar-refractivity contribution is 8.13. The van der Waals surface area contributed by atoms with Crippen LogP contribution in [-0.4, -0.2) is 68.6 Å². The van der Waals surface area contributed by atoms with E-state index < -0.39 is 63.0 Å². The zero-order chi connectivity index (χ0) is 26.7. The summed E-state index contributed by atoms with van der Waals surface area (Å²) in [6.45, 7) is 1.79. The largest absolute Gasteiger partial charge is 0.508 e. The molecule has 0 aliphatic heterocycles. The van der Waals surface area contributed by atoms with Gasteiger partial charge in [0.25, 0.3) is 11.1 Å². The van der Waals surface area contributed by atoms with Crippen molar-refractivity contribution < 1.29 is 39.6 Å². The molecular weight excluding hydrogens is 490 g/mol. The van der Waals surface area contributed by atoms with Crippen LogP contribution in [0.25, 0.3) is 5.76 Å². The minimum Gasteiger partial charge on any atom is -0.508 e. The van der Waals surface area contributed by atoms with Gasteiger partial charge < -0.3 is 36.4 Å². The van der Waals surface area contributed by atoms with Crippen LogP contribution >= 0.6 is 11.8 Å². The van der Waals surface area contributed by atoms with E-state index in [1.165, 1.54) is 0 Å². The summed E-state index contributed by atoms with van der Waals surface area (Å²) in [6, 6.07) is 1.57. The van der Waals surface area contributed by atoms with Gasteiger partial charge in [-0.1, -0.05) is 18.7 Å². The lowest BCUT2D eigenvalue weighted by atomic mass is 9.59. The summed E-state index contributed by atoms with van der Waals surface area (Å²) in [4.78, 5) is 51.7. The number of ketones is 2. The number of carbonyl (C=O) groups excluding carboxylic acids is 4. The zero-order valence-corrected chi connectivity index (χ0v) is 20.7.